The minimum Gasteiger partial charge on any atom is -0.379 e. The van der Waals surface area contributed by atoms with Crippen LogP contribution in [0.25, 0.3) is 0 Å². The average Bonchev–Trinajstić information content (AvgIpc) is 3.95. The second-order valence-electron chi connectivity index (χ2n) is 15.1. The van der Waals surface area contributed by atoms with Gasteiger partial charge in [0.15, 0.2) is 0 Å². The molecule has 5 N–H and O–H groups in total. The topological polar surface area (TPSA) is 172 Å². The average molecular weight is 740 g/mol. The Labute approximate surface area is 316 Å². The van der Waals surface area contributed by atoms with E-state index in [-0.39, 0.29) is 54.7 Å². The summed E-state index contributed by atoms with van der Waals surface area (Å²) in [7, 11) is 4.88. The van der Waals surface area contributed by atoms with E-state index < -0.39 is 29.6 Å². The van der Waals surface area contributed by atoms with Gasteiger partial charge in [-0.05, 0) is 57.4 Å². The molecular weight excluding hydrogens is 674 g/mol. The highest BCUT2D eigenvalue weighted by molar-refractivity contribution is 5.89. The molecule has 0 bridgehead atoms. The van der Waals surface area contributed by atoms with Crippen LogP contribution in [0, 0.1) is 11.8 Å². The van der Waals surface area contributed by atoms with E-state index in [0.29, 0.717) is 25.2 Å². The number of H-pyrrole nitrogens is 1. The molecule has 1 aromatic carbocycles. The number of benzene rings is 1. The Hall–Kier alpha value is -3.81. The molecule has 13 heteroatoms. The number of carbonyl (C=O) groups is 4. The van der Waals surface area contributed by atoms with Crippen LogP contribution in [0.2, 0.25) is 0 Å². The lowest BCUT2D eigenvalue weighted by Crippen LogP contribution is -2.56. The first-order valence-corrected chi connectivity index (χ1v) is 19.3. The lowest BCUT2D eigenvalue weighted by Gasteiger charge is -2.39. The number of likely N-dealkylation sites (tertiary alicyclic amines) is 1. The fourth-order valence-electron chi connectivity index (χ4n) is 7.60. The highest BCUT2D eigenvalue weighted by Gasteiger charge is 2.43. The monoisotopic (exact) mass is 739 g/mol. The van der Waals surface area contributed by atoms with E-state index in [0.717, 1.165) is 37.7 Å². The number of methoxy groups -OCH3 is 2. The van der Waals surface area contributed by atoms with E-state index >= 15 is 0 Å². The Morgan fingerprint density at radius 3 is 2.28 bits per heavy atom. The van der Waals surface area contributed by atoms with E-state index in [9.17, 15) is 19.2 Å². The second-order valence-corrected chi connectivity index (χ2v) is 15.1. The van der Waals surface area contributed by atoms with Gasteiger partial charge in [-0.25, -0.2) is 4.98 Å². The van der Waals surface area contributed by atoms with E-state index in [1.165, 1.54) is 6.42 Å². The van der Waals surface area contributed by atoms with Crippen LogP contribution in [0.5, 0.6) is 0 Å². The van der Waals surface area contributed by atoms with Gasteiger partial charge >= 0.3 is 0 Å². The number of ether oxygens (including phenoxy) is 2. The Morgan fingerprint density at radius 2 is 1.72 bits per heavy atom. The van der Waals surface area contributed by atoms with Gasteiger partial charge in [-0.15, -0.1) is 0 Å². The molecule has 2 fully saturated rings. The Kier molecular flexibility index (Phi) is 17.4. The fourth-order valence-corrected chi connectivity index (χ4v) is 7.60. The molecule has 2 aliphatic rings. The predicted molar refractivity (Wildman–Crippen MR) is 205 cm³/mol. The zero-order valence-electron chi connectivity index (χ0n) is 33.2. The van der Waals surface area contributed by atoms with Crippen molar-refractivity contribution in [2.24, 2.45) is 17.6 Å². The Bertz CT molecular complexity index is 1410. The summed E-state index contributed by atoms with van der Waals surface area (Å²) in [6.07, 6.45) is 9.61. The first kappa shape index (κ1) is 43.6. The molecule has 6 unspecified atom stereocenters. The van der Waals surface area contributed by atoms with Crippen molar-refractivity contribution in [3.63, 3.8) is 0 Å². The summed E-state index contributed by atoms with van der Waals surface area (Å²) in [4.78, 5) is 64.7. The van der Waals surface area contributed by atoms with Crippen molar-refractivity contribution in [1.29, 1.82) is 0 Å². The number of hydrogen-bond acceptors (Lipinski definition) is 8. The third-order valence-electron chi connectivity index (χ3n) is 10.4. The molecule has 1 aliphatic carbocycles. The number of aromatic amines is 1. The van der Waals surface area contributed by atoms with Gasteiger partial charge in [0.25, 0.3) is 0 Å². The van der Waals surface area contributed by atoms with Crippen LogP contribution in [0.15, 0.2) is 42.7 Å². The van der Waals surface area contributed by atoms with Crippen LogP contribution < -0.4 is 16.4 Å². The van der Waals surface area contributed by atoms with Gasteiger partial charge < -0.3 is 40.6 Å². The number of nitrogens with two attached hydrogens (primary N) is 1. The molecule has 1 saturated carbocycles. The molecular formula is C40H65N7O6. The largest absolute Gasteiger partial charge is 0.379 e. The lowest BCUT2D eigenvalue weighted by atomic mass is 9.89. The van der Waals surface area contributed by atoms with Gasteiger partial charge in [-0.1, -0.05) is 70.4 Å². The number of imidazole rings is 1. The van der Waals surface area contributed by atoms with Crippen LogP contribution in [0.1, 0.15) is 103 Å². The summed E-state index contributed by atoms with van der Waals surface area (Å²) in [5, 5.41) is 5.82. The zero-order valence-corrected chi connectivity index (χ0v) is 33.2. The van der Waals surface area contributed by atoms with Crippen molar-refractivity contribution in [3.8, 4) is 0 Å². The van der Waals surface area contributed by atoms with Crippen molar-refractivity contribution in [1.82, 2.24) is 30.4 Å². The maximum absolute atomic E-state index is 14.1. The number of nitrogens with zero attached hydrogens (tertiary/aromatic N) is 3. The number of nitrogens with one attached hydrogen (secondary N) is 3. The predicted octanol–water partition coefficient (Wildman–Crippen LogP) is 4.14. The Balaban J connectivity index is 0.00000243. The number of hydrogen-bond donors (Lipinski definition) is 4. The van der Waals surface area contributed by atoms with Gasteiger partial charge in [0.1, 0.15) is 5.82 Å². The van der Waals surface area contributed by atoms with Gasteiger partial charge in [0.2, 0.25) is 23.6 Å². The molecule has 4 amide bonds. The molecule has 296 valence electrons. The SMILES string of the molecule is CCC.COC(CC(=O)N1CCCC1C(OC)C(C)C(=O)NC(Cc1ccccc1)c1ncc[nH]1)C(C1CCCC1)N(C)C(=O)CNC(=O)C(C)(C)N. The number of likely N-dealkylation sites (N-methyl/N-ethyl adjacent to an activating group) is 1. The molecule has 1 aliphatic heterocycles. The molecule has 0 radical (unpaired) electrons. The van der Waals surface area contributed by atoms with Crippen molar-refractivity contribution in [2.75, 3.05) is 34.4 Å². The van der Waals surface area contributed by atoms with Gasteiger partial charge in [0.05, 0.1) is 54.8 Å². The molecule has 6 atom stereocenters. The number of carbonyl (C=O) groups excluding carboxylic acids is 4. The number of amides is 4. The highest BCUT2D eigenvalue weighted by Crippen LogP contribution is 2.34. The van der Waals surface area contributed by atoms with Gasteiger partial charge in [-0.3, -0.25) is 19.2 Å². The van der Waals surface area contributed by atoms with Crippen molar-refractivity contribution in [3.05, 3.63) is 54.1 Å². The number of aromatic nitrogens is 2. The molecule has 4 rings (SSSR count). The first-order valence-electron chi connectivity index (χ1n) is 19.3. The summed E-state index contributed by atoms with van der Waals surface area (Å²) < 4.78 is 12.0. The molecule has 1 saturated heterocycles. The fraction of sp³-hybridized carbons (Fsp3) is 0.675. The van der Waals surface area contributed by atoms with Gasteiger partial charge in [0, 0.05) is 40.2 Å². The zero-order chi connectivity index (χ0) is 39.1. The third kappa shape index (κ3) is 12.4. The number of rotatable bonds is 17. The minimum atomic E-state index is -1.11. The van der Waals surface area contributed by atoms with Crippen LogP contribution in [0.3, 0.4) is 0 Å². The maximum atomic E-state index is 14.1. The van der Waals surface area contributed by atoms with E-state index in [1.54, 1.807) is 52.4 Å². The van der Waals surface area contributed by atoms with Crippen LogP contribution >= 0.6 is 0 Å². The highest BCUT2D eigenvalue weighted by atomic mass is 16.5. The third-order valence-corrected chi connectivity index (χ3v) is 10.4. The van der Waals surface area contributed by atoms with E-state index in [4.69, 9.17) is 15.2 Å². The molecule has 2 aromatic rings. The van der Waals surface area contributed by atoms with Crippen molar-refractivity contribution >= 4 is 23.6 Å². The maximum Gasteiger partial charge on any atom is 0.242 e. The summed E-state index contributed by atoms with van der Waals surface area (Å²) in [6, 6.07) is 8.90. The van der Waals surface area contributed by atoms with E-state index in [1.807, 2.05) is 42.2 Å². The summed E-state index contributed by atoms with van der Waals surface area (Å²) in [5.41, 5.74) is 5.85. The minimum absolute atomic E-state index is 0.0721. The standard InChI is InChI=1S/C37H57N7O6.C3H8/c1-24(35(47)42-27(34-39-18-19-40-34)21-25-13-8-7-9-14-25)33(50-6)28-17-12-20-44(28)30(45)22-29(49-5)32(26-15-10-11-16-26)43(4)31(46)23-41-36(48)37(2,3)38;1-3-2/h7-9,13-14,18-19,24,26-29,32-33H,10-12,15-17,20-23,38H2,1-6H3,(H,39,40)(H,41,48)(H,42,47);3H2,1-2H3. The molecule has 0 spiro atoms. The molecule has 2 heterocycles. The van der Waals surface area contributed by atoms with Crippen molar-refractivity contribution < 1.29 is 28.7 Å². The molecule has 53 heavy (non-hydrogen) atoms. The summed E-state index contributed by atoms with van der Waals surface area (Å²) in [5.74, 6) is -0.716. The van der Waals surface area contributed by atoms with Crippen LogP contribution in [-0.2, 0) is 35.1 Å². The lowest BCUT2D eigenvalue weighted by molar-refractivity contribution is -0.146. The first-order chi connectivity index (χ1) is 25.3. The Morgan fingerprint density at radius 1 is 1.06 bits per heavy atom. The normalized spacial score (nSPS) is 19.0. The quantitative estimate of drug-likeness (QED) is 0.188. The smallest absolute Gasteiger partial charge is 0.242 e. The van der Waals surface area contributed by atoms with Crippen LogP contribution in [0.4, 0.5) is 0 Å². The van der Waals surface area contributed by atoms with Crippen LogP contribution in [-0.4, -0.2) is 108 Å². The molecule has 1 aromatic heterocycles. The summed E-state index contributed by atoms with van der Waals surface area (Å²) in [6.45, 7) is 9.60. The van der Waals surface area contributed by atoms with Crippen molar-refractivity contribution in [2.45, 2.75) is 128 Å². The second kappa shape index (κ2) is 21.2. The molecule has 13 nitrogen and oxygen atoms in total. The summed E-state index contributed by atoms with van der Waals surface area (Å²) >= 11 is 0. The van der Waals surface area contributed by atoms with E-state index in [2.05, 4.69) is 34.4 Å². The van der Waals surface area contributed by atoms with Gasteiger partial charge in [-0.2, -0.15) is 0 Å².